The van der Waals surface area contributed by atoms with Crippen LogP contribution in [0.2, 0.25) is 0 Å². The molecule has 0 saturated carbocycles. The van der Waals surface area contributed by atoms with Gasteiger partial charge >= 0.3 is 5.97 Å². The molecule has 1 fully saturated rings. The first-order valence-electron chi connectivity index (χ1n) is 9.57. The molecule has 1 aliphatic rings. The summed E-state index contributed by atoms with van der Waals surface area (Å²) in [5.74, 6) is -0.967. The van der Waals surface area contributed by atoms with E-state index in [-0.39, 0.29) is 24.0 Å². The molecular weight excluding hydrogens is 348 g/mol. The molecule has 2 aromatic heterocycles. The number of esters is 1. The minimum Gasteiger partial charge on any atom is -0.463 e. The van der Waals surface area contributed by atoms with Crippen molar-refractivity contribution in [2.24, 2.45) is 5.92 Å². The molecule has 1 aliphatic heterocycles. The maximum Gasteiger partial charge on any atom is 0.355 e. The van der Waals surface area contributed by atoms with Crippen LogP contribution in [0.15, 0.2) is 22.8 Å². The summed E-state index contributed by atoms with van der Waals surface area (Å²) >= 11 is 0. The molecule has 1 N–H and O–H groups in total. The van der Waals surface area contributed by atoms with Crippen molar-refractivity contribution >= 4 is 23.0 Å². The molecule has 0 bridgehead atoms. The molecule has 0 aliphatic carbocycles. The van der Waals surface area contributed by atoms with E-state index in [1.165, 1.54) is 0 Å². The third kappa shape index (κ3) is 4.18. The van der Waals surface area contributed by atoms with Crippen LogP contribution in [0.3, 0.4) is 0 Å². The lowest BCUT2D eigenvalue weighted by Gasteiger charge is -2.22. The molecule has 2 aromatic rings. The van der Waals surface area contributed by atoms with E-state index in [0.717, 1.165) is 25.0 Å². The zero-order chi connectivity index (χ0) is 19.6. The van der Waals surface area contributed by atoms with Gasteiger partial charge in [-0.15, -0.1) is 0 Å². The van der Waals surface area contributed by atoms with Crippen molar-refractivity contribution in [3.63, 3.8) is 0 Å². The third-order valence-electron chi connectivity index (χ3n) is 4.81. The summed E-state index contributed by atoms with van der Waals surface area (Å²) in [6, 6.07) is 3.54. The summed E-state index contributed by atoms with van der Waals surface area (Å²) in [6.45, 7) is 8.86. The summed E-state index contributed by atoms with van der Waals surface area (Å²) in [5.41, 5.74) is 1.84. The van der Waals surface area contributed by atoms with E-state index in [1.54, 1.807) is 12.3 Å². The Labute approximate surface area is 159 Å². The number of fused-ring (bicyclic) bond motifs is 1. The van der Waals surface area contributed by atoms with E-state index < -0.39 is 12.1 Å². The fraction of sp³-hybridized carbons (Fsp3) is 0.600. The van der Waals surface area contributed by atoms with E-state index in [2.05, 4.69) is 5.32 Å². The normalized spacial score (nSPS) is 18.4. The molecule has 2 atom stereocenters. The summed E-state index contributed by atoms with van der Waals surface area (Å²) in [4.78, 5) is 25.4. The van der Waals surface area contributed by atoms with E-state index in [0.29, 0.717) is 17.8 Å². The maximum atomic E-state index is 12.8. The summed E-state index contributed by atoms with van der Waals surface area (Å²) in [5, 5.41) is 2.86. The molecule has 3 rings (SSSR count). The van der Waals surface area contributed by atoms with Crippen molar-refractivity contribution in [3.8, 4) is 0 Å². The van der Waals surface area contributed by atoms with Crippen molar-refractivity contribution in [2.75, 3.05) is 13.2 Å². The first-order chi connectivity index (χ1) is 12.9. The Balaban J connectivity index is 1.72. The third-order valence-corrected chi connectivity index (χ3v) is 4.81. The Morgan fingerprint density at radius 3 is 2.74 bits per heavy atom. The molecular formula is C20H28N2O5. The summed E-state index contributed by atoms with van der Waals surface area (Å²) in [7, 11) is 0. The molecule has 0 spiro atoms. The number of hydrogen-bond donors (Lipinski definition) is 1. The highest BCUT2D eigenvalue weighted by Gasteiger charge is 2.30. The molecule has 7 nitrogen and oxygen atoms in total. The second-order valence-electron chi connectivity index (χ2n) is 7.61. The molecule has 0 aromatic carbocycles. The lowest BCUT2D eigenvalue weighted by atomic mass is 10.1. The van der Waals surface area contributed by atoms with Crippen LogP contribution in [-0.4, -0.2) is 41.8 Å². The highest BCUT2D eigenvalue weighted by atomic mass is 16.5. The van der Waals surface area contributed by atoms with Crippen molar-refractivity contribution in [1.82, 2.24) is 9.88 Å². The first kappa shape index (κ1) is 19.5. The lowest BCUT2D eigenvalue weighted by molar-refractivity contribution is -0.132. The smallest absolute Gasteiger partial charge is 0.355 e. The Kier molecular flexibility index (Phi) is 5.89. The molecule has 1 saturated heterocycles. The van der Waals surface area contributed by atoms with Crippen LogP contribution < -0.4 is 5.32 Å². The van der Waals surface area contributed by atoms with Gasteiger partial charge in [-0.3, -0.25) is 4.79 Å². The molecule has 0 radical (unpaired) electrons. The van der Waals surface area contributed by atoms with Gasteiger partial charge in [-0.25, -0.2) is 4.79 Å². The minimum absolute atomic E-state index is 0.0440. The van der Waals surface area contributed by atoms with Crippen LogP contribution in [0.25, 0.3) is 11.1 Å². The average molecular weight is 376 g/mol. The number of ether oxygens (including phenoxy) is 2. The lowest BCUT2D eigenvalue weighted by Crippen LogP contribution is -2.43. The Hall–Kier alpha value is -2.28. The van der Waals surface area contributed by atoms with Gasteiger partial charge in [0, 0.05) is 31.3 Å². The minimum atomic E-state index is -0.860. The van der Waals surface area contributed by atoms with Crippen LogP contribution in [0.5, 0.6) is 0 Å². The van der Waals surface area contributed by atoms with E-state index in [4.69, 9.17) is 13.9 Å². The number of carbonyl (C=O) groups is 2. The number of nitrogens with one attached hydrogen (secondary N) is 1. The second kappa shape index (κ2) is 8.17. The monoisotopic (exact) mass is 376 g/mol. The standard InChI is InChI=1S/C20H28N2O5/c1-12(2)18(19(23)21-11-14-6-5-8-25-14)27-20(24)16-10-17-15(7-9-26-17)22(16)13(3)4/h7,9-10,12-14,18H,5-6,8,11H2,1-4H3,(H,21,23)/t14-,18-/m0/s1. The van der Waals surface area contributed by atoms with Crippen LogP contribution in [0, 0.1) is 5.92 Å². The average Bonchev–Trinajstić information content (AvgIpc) is 3.32. The predicted molar refractivity (Wildman–Crippen MR) is 101 cm³/mol. The zero-order valence-electron chi connectivity index (χ0n) is 16.4. The fourth-order valence-electron chi connectivity index (χ4n) is 3.45. The maximum absolute atomic E-state index is 12.8. The van der Waals surface area contributed by atoms with Crippen molar-refractivity contribution in [1.29, 1.82) is 0 Å². The largest absolute Gasteiger partial charge is 0.463 e. The van der Waals surface area contributed by atoms with Crippen LogP contribution in [0.1, 0.15) is 57.1 Å². The number of amides is 1. The quantitative estimate of drug-likeness (QED) is 0.750. The molecule has 148 valence electrons. The fourth-order valence-corrected chi connectivity index (χ4v) is 3.45. The van der Waals surface area contributed by atoms with Gasteiger partial charge in [0.15, 0.2) is 11.7 Å². The van der Waals surface area contributed by atoms with E-state index in [9.17, 15) is 9.59 Å². The number of nitrogens with zero attached hydrogens (tertiary/aromatic N) is 1. The van der Waals surface area contributed by atoms with Gasteiger partial charge in [-0.1, -0.05) is 13.8 Å². The van der Waals surface area contributed by atoms with Gasteiger partial charge in [-0.05, 0) is 32.6 Å². The highest BCUT2D eigenvalue weighted by molar-refractivity contribution is 5.95. The number of carbonyl (C=O) groups excluding carboxylic acids is 2. The van der Waals surface area contributed by atoms with Gasteiger partial charge < -0.3 is 23.8 Å². The van der Waals surface area contributed by atoms with Crippen molar-refractivity contribution < 1.29 is 23.5 Å². The van der Waals surface area contributed by atoms with Crippen molar-refractivity contribution in [3.05, 3.63) is 24.1 Å². The Bertz CT molecular complexity index is 799. The molecule has 0 unspecified atom stereocenters. The summed E-state index contributed by atoms with van der Waals surface area (Å²) < 4.78 is 18.4. The first-order valence-corrected chi connectivity index (χ1v) is 9.57. The number of furan rings is 1. The Morgan fingerprint density at radius 2 is 2.11 bits per heavy atom. The summed E-state index contributed by atoms with van der Waals surface area (Å²) in [6.07, 6.45) is 2.72. The predicted octanol–water partition coefficient (Wildman–Crippen LogP) is 3.29. The van der Waals surface area contributed by atoms with Crippen LogP contribution in [0.4, 0.5) is 0 Å². The number of hydrogen-bond acceptors (Lipinski definition) is 5. The van der Waals surface area contributed by atoms with Gasteiger partial charge in [-0.2, -0.15) is 0 Å². The molecule has 7 heteroatoms. The molecule has 1 amide bonds. The van der Waals surface area contributed by atoms with Gasteiger partial charge in [0.25, 0.3) is 5.91 Å². The SMILES string of the molecule is CC(C)[C@H](OC(=O)c1cc2occc2n1C(C)C)C(=O)NC[C@@H]1CCCO1. The van der Waals surface area contributed by atoms with Gasteiger partial charge in [0.1, 0.15) is 5.69 Å². The van der Waals surface area contributed by atoms with Crippen LogP contribution >= 0.6 is 0 Å². The topological polar surface area (TPSA) is 82.7 Å². The zero-order valence-corrected chi connectivity index (χ0v) is 16.4. The highest BCUT2D eigenvalue weighted by Crippen LogP contribution is 2.26. The van der Waals surface area contributed by atoms with E-state index >= 15 is 0 Å². The van der Waals surface area contributed by atoms with Gasteiger partial charge in [0.2, 0.25) is 0 Å². The number of aromatic nitrogens is 1. The second-order valence-corrected chi connectivity index (χ2v) is 7.61. The Morgan fingerprint density at radius 1 is 1.33 bits per heavy atom. The van der Waals surface area contributed by atoms with E-state index in [1.807, 2.05) is 38.3 Å². The number of rotatable bonds is 7. The van der Waals surface area contributed by atoms with Crippen molar-refractivity contribution in [2.45, 2.75) is 58.8 Å². The van der Waals surface area contributed by atoms with Gasteiger partial charge in [0.05, 0.1) is 17.9 Å². The molecule has 27 heavy (non-hydrogen) atoms. The molecule has 3 heterocycles. The van der Waals surface area contributed by atoms with Crippen LogP contribution in [-0.2, 0) is 14.3 Å².